The van der Waals surface area contributed by atoms with Gasteiger partial charge >= 0.3 is 17.6 Å². The van der Waals surface area contributed by atoms with Crippen molar-refractivity contribution < 1.29 is 55.3 Å². The number of carbonyl (C=O) groups is 6. The molecule has 0 bridgehead atoms. The van der Waals surface area contributed by atoms with E-state index in [0.717, 1.165) is 41.5 Å². The highest BCUT2D eigenvalue weighted by molar-refractivity contribution is 6.67. The third kappa shape index (κ3) is 11.0. The molecule has 12 nitrogen and oxygen atoms in total. The molecule has 0 N–H and O–H groups in total. The van der Waals surface area contributed by atoms with Crippen molar-refractivity contribution in [1.29, 1.82) is 0 Å². The van der Waals surface area contributed by atoms with E-state index >= 15 is 0 Å². The summed E-state index contributed by atoms with van der Waals surface area (Å²) in [5, 5.41) is 0. The third-order valence-corrected chi connectivity index (χ3v) is 8.28. The molecule has 0 aromatic rings. The molecule has 164 valence electrons. The van der Waals surface area contributed by atoms with E-state index in [9.17, 15) is 28.8 Å². The van der Waals surface area contributed by atoms with Gasteiger partial charge in [-0.1, -0.05) is 0 Å². The Kier molecular flexibility index (Phi) is 10.2. The minimum absolute atomic E-state index is 0.111. The van der Waals surface area contributed by atoms with Crippen LogP contribution in [0.4, 0.5) is 0 Å². The van der Waals surface area contributed by atoms with E-state index in [1.807, 2.05) is 0 Å². The molecular formula is C15H24O12Si2. The summed E-state index contributed by atoms with van der Waals surface area (Å²) < 4.78 is 30.1. The maximum atomic E-state index is 11.4. The Morgan fingerprint density at radius 1 is 0.448 bits per heavy atom. The highest BCUT2D eigenvalue weighted by Gasteiger charge is 2.55. The summed E-state index contributed by atoms with van der Waals surface area (Å²) >= 11 is 0. The van der Waals surface area contributed by atoms with Crippen LogP contribution in [0.3, 0.4) is 0 Å². The van der Waals surface area contributed by atoms with E-state index < -0.39 is 53.4 Å². The van der Waals surface area contributed by atoms with Crippen LogP contribution in [0.15, 0.2) is 0 Å². The molecule has 29 heavy (non-hydrogen) atoms. The minimum atomic E-state index is -4.15. The summed E-state index contributed by atoms with van der Waals surface area (Å²) in [7, 11) is -8.30. The fourth-order valence-corrected chi connectivity index (χ4v) is 7.33. The summed E-state index contributed by atoms with van der Waals surface area (Å²) in [4.78, 5) is 68.7. The Bertz CT molecular complexity index is 537. The van der Waals surface area contributed by atoms with Gasteiger partial charge in [-0.25, -0.2) is 0 Å². The quantitative estimate of drug-likeness (QED) is 0.426. The molecule has 0 heterocycles. The standard InChI is InChI=1S/C15H24O12Si2/c1-10(16)22-28(23-11(2)17,24-12(3)18)8-7-9-29(25-13(4)19,26-14(5)20)27-15(6)21/h7-9H2,1-6H3. The van der Waals surface area contributed by atoms with Gasteiger partial charge in [-0.05, 0) is 6.42 Å². The lowest BCUT2D eigenvalue weighted by Gasteiger charge is -2.28. The molecule has 0 saturated heterocycles. The average Bonchev–Trinajstić information content (AvgIpc) is 2.41. The maximum absolute atomic E-state index is 11.4. The van der Waals surface area contributed by atoms with Crippen LogP contribution in [0, 0.1) is 0 Å². The molecular weight excluding hydrogens is 428 g/mol. The van der Waals surface area contributed by atoms with Crippen LogP contribution in [-0.4, -0.2) is 53.4 Å². The molecule has 0 unspecified atom stereocenters. The van der Waals surface area contributed by atoms with Crippen molar-refractivity contribution in [2.24, 2.45) is 0 Å². The summed E-state index contributed by atoms with van der Waals surface area (Å²) in [6.07, 6.45) is -0.111. The second-order valence-electron chi connectivity index (χ2n) is 5.78. The summed E-state index contributed by atoms with van der Waals surface area (Å²) in [5.41, 5.74) is 0. The van der Waals surface area contributed by atoms with Crippen LogP contribution < -0.4 is 0 Å². The Hall–Kier alpha value is -2.75. The first-order valence-electron chi connectivity index (χ1n) is 8.38. The zero-order valence-electron chi connectivity index (χ0n) is 17.0. The number of hydrogen-bond acceptors (Lipinski definition) is 12. The predicted molar refractivity (Wildman–Crippen MR) is 96.3 cm³/mol. The van der Waals surface area contributed by atoms with Crippen LogP contribution in [0.25, 0.3) is 0 Å². The van der Waals surface area contributed by atoms with Crippen LogP contribution >= 0.6 is 0 Å². The van der Waals surface area contributed by atoms with Gasteiger partial charge in [0, 0.05) is 41.5 Å². The molecule has 0 aliphatic rings. The normalized spacial score (nSPS) is 11.0. The van der Waals surface area contributed by atoms with Crippen LogP contribution in [0.5, 0.6) is 0 Å². The molecule has 0 atom stereocenters. The van der Waals surface area contributed by atoms with Gasteiger partial charge in [0.1, 0.15) is 0 Å². The lowest BCUT2D eigenvalue weighted by Crippen LogP contribution is -2.51. The molecule has 0 fully saturated rings. The monoisotopic (exact) mass is 452 g/mol. The Morgan fingerprint density at radius 2 is 0.621 bits per heavy atom. The second kappa shape index (κ2) is 11.3. The van der Waals surface area contributed by atoms with E-state index in [1.54, 1.807) is 0 Å². The third-order valence-electron chi connectivity index (χ3n) is 2.76. The molecule has 0 spiro atoms. The van der Waals surface area contributed by atoms with Gasteiger partial charge in [0.2, 0.25) is 0 Å². The van der Waals surface area contributed by atoms with Crippen molar-refractivity contribution in [3.8, 4) is 0 Å². The molecule has 0 aromatic heterocycles. The molecule has 0 saturated carbocycles. The van der Waals surface area contributed by atoms with Crippen molar-refractivity contribution >= 4 is 53.4 Å². The van der Waals surface area contributed by atoms with Crippen LogP contribution in [0.1, 0.15) is 48.0 Å². The van der Waals surface area contributed by atoms with E-state index in [0.29, 0.717) is 0 Å². The first kappa shape index (κ1) is 26.3. The molecule has 0 aromatic carbocycles. The molecule has 0 radical (unpaired) electrons. The van der Waals surface area contributed by atoms with Crippen molar-refractivity contribution in [3.05, 3.63) is 0 Å². The van der Waals surface area contributed by atoms with Crippen molar-refractivity contribution in [2.45, 2.75) is 60.1 Å². The van der Waals surface area contributed by atoms with Crippen LogP contribution in [0.2, 0.25) is 12.1 Å². The summed E-state index contributed by atoms with van der Waals surface area (Å²) in [5.74, 6) is -5.15. The Morgan fingerprint density at radius 3 is 0.759 bits per heavy atom. The van der Waals surface area contributed by atoms with Gasteiger partial charge in [-0.2, -0.15) is 0 Å². The fourth-order valence-electron chi connectivity index (χ4n) is 2.27. The lowest BCUT2D eigenvalue weighted by molar-refractivity contribution is -0.150. The van der Waals surface area contributed by atoms with E-state index in [2.05, 4.69) is 0 Å². The van der Waals surface area contributed by atoms with Crippen LogP contribution in [-0.2, 0) is 55.3 Å². The highest BCUT2D eigenvalue weighted by Crippen LogP contribution is 2.26. The van der Waals surface area contributed by atoms with Crippen molar-refractivity contribution in [1.82, 2.24) is 0 Å². The molecule has 0 amide bonds. The zero-order valence-corrected chi connectivity index (χ0v) is 19.0. The smallest absolute Gasteiger partial charge is 0.455 e. The Balaban J connectivity index is 5.72. The zero-order chi connectivity index (χ0) is 22.8. The molecule has 0 aliphatic heterocycles. The highest BCUT2D eigenvalue weighted by atomic mass is 28.4. The average molecular weight is 453 g/mol. The van der Waals surface area contributed by atoms with E-state index in [1.165, 1.54) is 0 Å². The molecule has 14 heteroatoms. The van der Waals surface area contributed by atoms with Gasteiger partial charge < -0.3 is 26.6 Å². The van der Waals surface area contributed by atoms with Gasteiger partial charge in [-0.15, -0.1) is 0 Å². The maximum Gasteiger partial charge on any atom is 0.705 e. The summed E-state index contributed by atoms with van der Waals surface area (Å²) in [6, 6.07) is -0.575. The largest absolute Gasteiger partial charge is 0.705 e. The molecule has 0 aliphatic carbocycles. The van der Waals surface area contributed by atoms with E-state index in [4.69, 9.17) is 26.6 Å². The first-order chi connectivity index (χ1) is 13.2. The van der Waals surface area contributed by atoms with E-state index in [-0.39, 0.29) is 18.5 Å². The van der Waals surface area contributed by atoms with Gasteiger partial charge in [-0.3, -0.25) is 28.8 Å². The summed E-state index contributed by atoms with van der Waals surface area (Å²) in [6.45, 7) is 6.19. The van der Waals surface area contributed by atoms with Crippen molar-refractivity contribution in [3.63, 3.8) is 0 Å². The first-order valence-corrected chi connectivity index (χ1v) is 12.2. The van der Waals surface area contributed by atoms with Gasteiger partial charge in [0.05, 0.1) is 12.1 Å². The number of carbonyl (C=O) groups excluding carboxylic acids is 6. The van der Waals surface area contributed by atoms with Crippen molar-refractivity contribution in [2.75, 3.05) is 0 Å². The second-order valence-corrected chi connectivity index (χ2v) is 10.7. The number of rotatable bonds is 10. The topological polar surface area (TPSA) is 158 Å². The minimum Gasteiger partial charge on any atom is -0.455 e. The molecule has 0 rings (SSSR count). The van der Waals surface area contributed by atoms with Gasteiger partial charge in [0.25, 0.3) is 35.8 Å². The van der Waals surface area contributed by atoms with Gasteiger partial charge in [0.15, 0.2) is 0 Å². The Labute approximate surface area is 169 Å². The fraction of sp³-hybridized carbons (Fsp3) is 0.600. The number of hydrogen-bond donors (Lipinski definition) is 0. The lowest BCUT2D eigenvalue weighted by atomic mass is 10.6. The SMILES string of the molecule is CC(=O)O[Si](CCC[Si](OC(C)=O)(OC(C)=O)OC(C)=O)(OC(C)=O)OC(C)=O. The predicted octanol–water partition coefficient (Wildman–Crippen LogP) is 0.633.